The lowest BCUT2D eigenvalue weighted by atomic mass is 9.93. The Balaban J connectivity index is 2.57. The first kappa shape index (κ1) is 34.9. The fourth-order valence-corrected chi connectivity index (χ4v) is 4.38. The molecule has 2 aromatic carbocycles. The summed E-state index contributed by atoms with van der Waals surface area (Å²) in [7, 11) is 0. The van der Waals surface area contributed by atoms with E-state index < -0.39 is 59.2 Å². The molecule has 0 saturated heterocycles. The quantitative estimate of drug-likeness (QED) is 0.316. The van der Waals surface area contributed by atoms with Crippen molar-refractivity contribution in [2.75, 3.05) is 6.54 Å². The van der Waals surface area contributed by atoms with Crippen LogP contribution in [0.4, 0.5) is 4.79 Å². The van der Waals surface area contributed by atoms with Gasteiger partial charge in [0.1, 0.15) is 29.8 Å². The minimum Gasteiger partial charge on any atom is -0.458 e. The van der Waals surface area contributed by atoms with Gasteiger partial charge >= 0.3 is 12.1 Å². The van der Waals surface area contributed by atoms with Crippen LogP contribution >= 0.6 is 0 Å². The Hall–Kier alpha value is -4.32. The number of rotatable bonds is 9. The average molecular weight is 592 g/mol. The zero-order valence-corrected chi connectivity index (χ0v) is 26.7. The highest BCUT2D eigenvalue weighted by Crippen LogP contribution is 2.31. The number of hydrogen-bond acceptors (Lipinski definition) is 6. The highest BCUT2D eigenvalue weighted by molar-refractivity contribution is 5.93. The van der Waals surface area contributed by atoms with Crippen molar-refractivity contribution in [2.45, 2.75) is 97.6 Å². The van der Waals surface area contributed by atoms with E-state index in [1.54, 1.807) is 86.6 Å². The summed E-state index contributed by atoms with van der Waals surface area (Å²) in [5.74, 6) is 0.800. The summed E-state index contributed by atoms with van der Waals surface area (Å²) < 4.78 is 10.9. The molecule has 0 radical (unpaired) electrons. The third-order valence-corrected chi connectivity index (χ3v) is 5.98. The van der Waals surface area contributed by atoms with Crippen molar-refractivity contribution in [2.24, 2.45) is 0 Å². The Morgan fingerprint density at radius 2 is 1.40 bits per heavy atom. The van der Waals surface area contributed by atoms with E-state index in [1.165, 1.54) is 4.90 Å². The van der Waals surface area contributed by atoms with Gasteiger partial charge in [0.15, 0.2) is 0 Å². The number of amides is 3. The van der Waals surface area contributed by atoms with Crippen LogP contribution in [0.2, 0.25) is 0 Å². The minimum atomic E-state index is -1.25. The number of ether oxygens (including phenoxy) is 2. The summed E-state index contributed by atoms with van der Waals surface area (Å²) in [4.78, 5) is 55.2. The van der Waals surface area contributed by atoms with Gasteiger partial charge < -0.3 is 25.0 Å². The van der Waals surface area contributed by atoms with Crippen LogP contribution in [0.15, 0.2) is 54.6 Å². The molecular weight excluding hydrogens is 546 g/mol. The molecule has 0 heterocycles. The number of nitrogens with one attached hydrogen (secondary N) is 2. The standard InChI is InChI=1S/C34H45N3O6/c1-11-24-19-15-16-20-25(24)28(37(32(2,3)4)27(38)22-35-31(41)43-34(8,9)10)29(39)36-26(30(40)42-33(5,6)7)21-23-17-13-12-14-18-23/h1,12-20,26,28H,21-22H2,2-10H3,(H,35,41)(H,36,39). The second-order valence-corrected chi connectivity index (χ2v) is 13.2. The fraction of sp³-hybridized carbons (Fsp3) is 0.471. The van der Waals surface area contributed by atoms with E-state index in [-0.39, 0.29) is 6.42 Å². The number of benzene rings is 2. The van der Waals surface area contributed by atoms with E-state index in [0.717, 1.165) is 5.56 Å². The maximum atomic E-state index is 14.3. The van der Waals surface area contributed by atoms with Crippen molar-refractivity contribution in [1.82, 2.24) is 15.5 Å². The summed E-state index contributed by atoms with van der Waals surface area (Å²) in [5.41, 5.74) is -0.873. The van der Waals surface area contributed by atoms with Gasteiger partial charge in [0.05, 0.1) is 0 Å². The van der Waals surface area contributed by atoms with Gasteiger partial charge in [0.25, 0.3) is 0 Å². The predicted octanol–water partition coefficient (Wildman–Crippen LogP) is 4.93. The molecule has 3 amide bonds. The van der Waals surface area contributed by atoms with Crippen LogP contribution in [0.5, 0.6) is 0 Å². The van der Waals surface area contributed by atoms with Crippen molar-refractivity contribution in [3.05, 3.63) is 71.3 Å². The molecule has 0 aromatic heterocycles. The summed E-state index contributed by atoms with van der Waals surface area (Å²) in [6.07, 6.45) is 5.21. The van der Waals surface area contributed by atoms with Gasteiger partial charge in [-0.2, -0.15) is 0 Å². The monoisotopic (exact) mass is 591 g/mol. The summed E-state index contributed by atoms with van der Waals surface area (Å²) >= 11 is 0. The van der Waals surface area contributed by atoms with Crippen LogP contribution in [-0.2, 0) is 30.3 Å². The highest BCUT2D eigenvalue weighted by atomic mass is 16.6. The van der Waals surface area contributed by atoms with Gasteiger partial charge in [-0.1, -0.05) is 54.5 Å². The van der Waals surface area contributed by atoms with E-state index in [2.05, 4.69) is 16.6 Å². The molecular formula is C34H45N3O6. The number of carbonyl (C=O) groups excluding carboxylic acids is 4. The van der Waals surface area contributed by atoms with Gasteiger partial charge in [0.2, 0.25) is 11.8 Å². The van der Waals surface area contributed by atoms with Crippen LogP contribution in [0.1, 0.15) is 85.0 Å². The van der Waals surface area contributed by atoms with Crippen LogP contribution in [0, 0.1) is 12.3 Å². The molecule has 0 aliphatic heterocycles. The Labute approximate surface area is 255 Å². The lowest BCUT2D eigenvalue weighted by Gasteiger charge is -2.42. The average Bonchev–Trinajstić information content (AvgIpc) is 2.87. The number of terminal acetylenes is 1. The first-order valence-corrected chi connectivity index (χ1v) is 14.2. The molecule has 0 fully saturated rings. The fourth-order valence-electron chi connectivity index (χ4n) is 4.38. The molecule has 0 saturated carbocycles. The maximum absolute atomic E-state index is 14.3. The van der Waals surface area contributed by atoms with Crippen molar-refractivity contribution in [3.63, 3.8) is 0 Å². The molecule has 0 spiro atoms. The van der Waals surface area contributed by atoms with E-state index in [0.29, 0.717) is 11.1 Å². The Bertz CT molecular complexity index is 1330. The SMILES string of the molecule is C#Cc1ccccc1C(C(=O)NC(Cc1ccccc1)C(=O)OC(C)(C)C)N(C(=O)CNC(=O)OC(C)(C)C)C(C)(C)C. The molecule has 2 atom stereocenters. The lowest BCUT2D eigenvalue weighted by Crippen LogP contribution is -2.57. The highest BCUT2D eigenvalue weighted by Gasteiger charge is 2.41. The maximum Gasteiger partial charge on any atom is 0.408 e. The van der Waals surface area contributed by atoms with Gasteiger partial charge in [-0.15, -0.1) is 6.42 Å². The number of esters is 1. The van der Waals surface area contributed by atoms with E-state index in [9.17, 15) is 19.2 Å². The summed E-state index contributed by atoms with van der Waals surface area (Å²) in [5, 5.41) is 5.34. The van der Waals surface area contributed by atoms with Crippen LogP contribution in [0.3, 0.4) is 0 Å². The second kappa shape index (κ2) is 14.2. The zero-order valence-electron chi connectivity index (χ0n) is 26.7. The van der Waals surface area contributed by atoms with E-state index in [1.807, 2.05) is 30.3 Å². The summed E-state index contributed by atoms with van der Waals surface area (Å²) in [6, 6.07) is 13.7. The van der Waals surface area contributed by atoms with E-state index in [4.69, 9.17) is 15.9 Å². The molecule has 2 unspecified atom stereocenters. The van der Waals surface area contributed by atoms with Gasteiger partial charge in [-0.25, -0.2) is 9.59 Å². The molecule has 232 valence electrons. The largest absolute Gasteiger partial charge is 0.458 e. The minimum absolute atomic E-state index is 0.161. The topological polar surface area (TPSA) is 114 Å². The summed E-state index contributed by atoms with van der Waals surface area (Å²) in [6.45, 7) is 15.2. The third kappa shape index (κ3) is 11.1. The second-order valence-electron chi connectivity index (χ2n) is 13.2. The van der Waals surface area contributed by atoms with Gasteiger partial charge in [0, 0.05) is 17.5 Å². The first-order chi connectivity index (χ1) is 19.8. The third-order valence-electron chi connectivity index (χ3n) is 5.98. The first-order valence-electron chi connectivity index (χ1n) is 14.2. The molecule has 9 nitrogen and oxygen atoms in total. The van der Waals surface area contributed by atoms with Crippen LogP contribution in [0.25, 0.3) is 0 Å². The van der Waals surface area contributed by atoms with Crippen molar-refractivity contribution in [3.8, 4) is 12.3 Å². The Kier molecular flexibility index (Phi) is 11.5. The molecule has 9 heteroatoms. The normalized spacial score (nSPS) is 13.1. The number of hydrogen-bond donors (Lipinski definition) is 2. The molecule has 2 aromatic rings. The van der Waals surface area contributed by atoms with Crippen molar-refractivity contribution >= 4 is 23.9 Å². The Morgan fingerprint density at radius 3 is 1.93 bits per heavy atom. The number of carbonyl (C=O) groups is 4. The number of alkyl carbamates (subject to hydrolysis) is 1. The molecule has 2 rings (SSSR count). The molecule has 0 aliphatic carbocycles. The van der Waals surface area contributed by atoms with Gasteiger partial charge in [-0.05, 0) is 79.5 Å². The molecule has 43 heavy (non-hydrogen) atoms. The van der Waals surface area contributed by atoms with Gasteiger partial charge in [-0.3, -0.25) is 9.59 Å². The Morgan fingerprint density at radius 1 is 0.837 bits per heavy atom. The van der Waals surface area contributed by atoms with Crippen molar-refractivity contribution in [1.29, 1.82) is 0 Å². The van der Waals surface area contributed by atoms with E-state index >= 15 is 0 Å². The number of nitrogens with zero attached hydrogens (tertiary/aromatic N) is 1. The van der Waals surface area contributed by atoms with Crippen LogP contribution in [-0.4, -0.2) is 58.1 Å². The lowest BCUT2D eigenvalue weighted by molar-refractivity contribution is -0.159. The smallest absolute Gasteiger partial charge is 0.408 e. The molecule has 2 N–H and O–H groups in total. The molecule has 0 aliphatic rings. The molecule has 0 bridgehead atoms. The zero-order chi connectivity index (χ0) is 32.6. The predicted molar refractivity (Wildman–Crippen MR) is 166 cm³/mol. The van der Waals surface area contributed by atoms with Crippen LogP contribution < -0.4 is 10.6 Å². The van der Waals surface area contributed by atoms with Crippen molar-refractivity contribution < 1.29 is 28.7 Å².